The molecule has 0 aromatic heterocycles. The van der Waals surface area contributed by atoms with Gasteiger partial charge in [0.15, 0.2) is 0 Å². The van der Waals surface area contributed by atoms with E-state index < -0.39 is 0 Å². The topological polar surface area (TPSA) is 37.4 Å². The van der Waals surface area contributed by atoms with Crippen LogP contribution in [-0.2, 0) is 11.3 Å². The second-order valence-electron chi connectivity index (χ2n) is 6.20. The fraction of sp³-hybridized carbons (Fsp3) is 0.200. The van der Waals surface area contributed by atoms with E-state index in [4.69, 9.17) is 11.6 Å². The maximum Gasteiger partial charge on any atom is 0.293 e. The van der Waals surface area contributed by atoms with Crippen molar-refractivity contribution in [1.82, 2.24) is 4.90 Å². The van der Waals surface area contributed by atoms with Gasteiger partial charge in [0.25, 0.3) is 11.1 Å². The molecule has 3 nitrogen and oxygen atoms in total. The smallest absolute Gasteiger partial charge is 0.268 e. The number of thioether (sulfide) groups is 1. The van der Waals surface area contributed by atoms with Crippen molar-refractivity contribution >= 4 is 40.6 Å². The van der Waals surface area contributed by atoms with E-state index in [1.54, 1.807) is 18.2 Å². The number of hydrogen-bond acceptors (Lipinski definition) is 3. The van der Waals surface area contributed by atoms with E-state index >= 15 is 0 Å². The number of carbonyl (C=O) groups excluding carboxylic acids is 2. The Morgan fingerprint density at radius 1 is 1.04 bits per heavy atom. The summed E-state index contributed by atoms with van der Waals surface area (Å²) in [5, 5.41) is 0.403. The molecule has 0 aliphatic carbocycles. The summed E-state index contributed by atoms with van der Waals surface area (Å²) in [6.07, 6.45) is 1.73. The Hall–Kier alpha value is -2.04. The van der Waals surface area contributed by atoms with E-state index in [1.165, 1.54) is 10.5 Å². The van der Waals surface area contributed by atoms with Crippen molar-refractivity contribution in [1.29, 1.82) is 0 Å². The molecule has 0 unspecified atom stereocenters. The monoisotopic (exact) mass is 371 g/mol. The summed E-state index contributed by atoms with van der Waals surface area (Å²) in [6.45, 7) is 6.37. The maximum absolute atomic E-state index is 12.7. The zero-order valence-corrected chi connectivity index (χ0v) is 15.9. The van der Waals surface area contributed by atoms with Crippen molar-refractivity contribution in [2.45, 2.75) is 27.3 Å². The summed E-state index contributed by atoms with van der Waals surface area (Å²) in [5.41, 5.74) is 5.24. The van der Waals surface area contributed by atoms with E-state index in [0.29, 0.717) is 16.5 Å². The number of rotatable bonds is 3. The van der Waals surface area contributed by atoms with E-state index in [9.17, 15) is 9.59 Å². The van der Waals surface area contributed by atoms with E-state index in [1.807, 2.05) is 32.9 Å². The van der Waals surface area contributed by atoms with Gasteiger partial charge in [0.1, 0.15) is 0 Å². The van der Waals surface area contributed by atoms with Gasteiger partial charge in [-0.25, -0.2) is 0 Å². The summed E-state index contributed by atoms with van der Waals surface area (Å²) in [4.78, 5) is 26.8. The summed E-state index contributed by atoms with van der Waals surface area (Å²) < 4.78 is 0. The molecule has 0 radical (unpaired) electrons. The second kappa shape index (κ2) is 7.06. The Labute approximate surface area is 156 Å². The zero-order valence-electron chi connectivity index (χ0n) is 14.3. The molecule has 1 saturated heterocycles. The van der Waals surface area contributed by atoms with E-state index in [2.05, 4.69) is 12.1 Å². The van der Waals surface area contributed by atoms with Crippen molar-refractivity contribution in [2.75, 3.05) is 0 Å². The van der Waals surface area contributed by atoms with Crippen LogP contribution in [0.3, 0.4) is 0 Å². The Morgan fingerprint density at radius 2 is 1.64 bits per heavy atom. The molecule has 25 heavy (non-hydrogen) atoms. The number of amides is 2. The van der Waals surface area contributed by atoms with Gasteiger partial charge in [0.05, 0.1) is 11.4 Å². The quantitative estimate of drug-likeness (QED) is 0.668. The first kappa shape index (κ1) is 17.8. The molecule has 2 aromatic rings. The average Bonchev–Trinajstić information content (AvgIpc) is 2.80. The highest BCUT2D eigenvalue weighted by Crippen LogP contribution is 2.34. The highest BCUT2D eigenvalue weighted by atomic mass is 35.5. The number of benzene rings is 2. The van der Waals surface area contributed by atoms with Gasteiger partial charge in [-0.15, -0.1) is 0 Å². The van der Waals surface area contributed by atoms with Crippen LogP contribution in [0.5, 0.6) is 0 Å². The molecule has 0 N–H and O–H groups in total. The summed E-state index contributed by atoms with van der Waals surface area (Å²) in [5.74, 6) is -0.246. The maximum atomic E-state index is 12.7. The highest BCUT2D eigenvalue weighted by Gasteiger charge is 2.35. The molecule has 0 bridgehead atoms. The van der Waals surface area contributed by atoms with Gasteiger partial charge >= 0.3 is 0 Å². The van der Waals surface area contributed by atoms with Gasteiger partial charge in [0.2, 0.25) is 0 Å². The van der Waals surface area contributed by atoms with E-state index in [-0.39, 0.29) is 11.1 Å². The summed E-state index contributed by atoms with van der Waals surface area (Å²) in [7, 11) is 0. The predicted molar refractivity (Wildman–Crippen MR) is 104 cm³/mol. The van der Waals surface area contributed by atoms with Crippen LogP contribution in [0.25, 0.3) is 6.08 Å². The molecule has 0 spiro atoms. The standard InChI is InChI=1S/C20H18ClNO2S/c1-12-8-13(2)17(14(3)9-12)11-22-19(23)18(25-20(22)24)10-15-4-6-16(21)7-5-15/h4-10H,11H2,1-3H3/b18-10+. The molecule has 128 valence electrons. The van der Waals surface area contributed by atoms with Crippen LogP contribution in [0.1, 0.15) is 27.8 Å². The minimum absolute atomic E-state index is 0.232. The molecule has 1 heterocycles. The molecular weight excluding hydrogens is 354 g/mol. The third kappa shape index (κ3) is 3.80. The SMILES string of the molecule is Cc1cc(C)c(CN2C(=O)S/C(=C/c3ccc(Cl)cc3)C2=O)c(C)c1. The minimum Gasteiger partial charge on any atom is -0.268 e. The molecule has 1 fully saturated rings. The number of imide groups is 1. The van der Waals surface area contributed by atoms with Crippen LogP contribution in [-0.4, -0.2) is 16.0 Å². The third-order valence-corrected chi connectivity index (χ3v) is 5.36. The van der Waals surface area contributed by atoms with Crippen LogP contribution in [0.4, 0.5) is 4.79 Å². The molecule has 2 aromatic carbocycles. The molecule has 0 atom stereocenters. The Kier molecular flexibility index (Phi) is 5.02. The Morgan fingerprint density at radius 3 is 2.24 bits per heavy atom. The predicted octanol–water partition coefficient (Wildman–Crippen LogP) is 5.50. The van der Waals surface area contributed by atoms with Gasteiger partial charge in [-0.3, -0.25) is 14.5 Å². The van der Waals surface area contributed by atoms with Gasteiger partial charge in [-0.2, -0.15) is 0 Å². The number of hydrogen-bond donors (Lipinski definition) is 0. The van der Waals surface area contributed by atoms with Crippen LogP contribution >= 0.6 is 23.4 Å². The van der Waals surface area contributed by atoms with Crippen LogP contribution in [0, 0.1) is 20.8 Å². The minimum atomic E-state index is -0.246. The van der Waals surface area contributed by atoms with Crippen molar-refractivity contribution in [2.24, 2.45) is 0 Å². The van der Waals surface area contributed by atoms with Gasteiger partial charge in [0, 0.05) is 5.02 Å². The number of nitrogens with zero attached hydrogens (tertiary/aromatic N) is 1. The number of halogens is 1. The number of carbonyl (C=O) groups is 2. The Balaban J connectivity index is 1.86. The number of aryl methyl sites for hydroxylation is 3. The summed E-state index contributed by atoms with van der Waals surface area (Å²) >= 11 is 6.86. The lowest BCUT2D eigenvalue weighted by Crippen LogP contribution is -2.28. The zero-order chi connectivity index (χ0) is 18.1. The normalized spacial score (nSPS) is 16.2. The Bertz CT molecular complexity index is 864. The molecular formula is C20H18ClNO2S. The first-order valence-electron chi connectivity index (χ1n) is 7.93. The molecule has 5 heteroatoms. The van der Waals surface area contributed by atoms with Crippen LogP contribution < -0.4 is 0 Å². The largest absolute Gasteiger partial charge is 0.293 e. The molecule has 2 amide bonds. The van der Waals surface area contributed by atoms with Gasteiger partial charge in [-0.05, 0) is 73.0 Å². The lowest BCUT2D eigenvalue weighted by Gasteiger charge is -2.17. The lowest BCUT2D eigenvalue weighted by atomic mass is 9.99. The lowest BCUT2D eigenvalue weighted by molar-refractivity contribution is -0.123. The van der Waals surface area contributed by atoms with E-state index in [0.717, 1.165) is 34.0 Å². The van der Waals surface area contributed by atoms with Crippen molar-refractivity contribution < 1.29 is 9.59 Å². The fourth-order valence-electron chi connectivity index (χ4n) is 2.96. The van der Waals surface area contributed by atoms with Gasteiger partial charge < -0.3 is 0 Å². The first-order chi connectivity index (χ1) is 11.8. The highest BCUT2D eigenvalue weighted by molar-refractivity contribution is 8.18. The first-order valence-corrected chi connectivity index (χ1v) is 9.12. The average molecular weight is 372 g/mol. The van der Waals surface area contributed by atoms with Crippen molar-refractivity contribution in [3.63, 3.8) is 0 Å². The fourth-order valence-corrected chi connectivity index (χ4v) is 3.93. The van der Waals surface area contributed by atoms with Crippen molar-refractivity contribution in [3.8, 4) is 0 Å². The molecule has 1 aliphatic heterocycles. The van der Waals surface area contributed by atoms with Crippen LogP contribution in [0.2, 0.25) is 5.02 Å². The molecule has 1 aliphatic rings. The van der Waals surface area contributed by atoms with Gasteiger partial charge in [-0.1, -0.05) is 41.4 Å². The van der Waals surface area contributed by atoms with Crippen LogP contribution in [0.15, 0.2) is 41.3 Å². The molecule has 3 rings (SSSR count). The summed E-state index contributed by atoms with van der Waals surface area (Å²) in [6, 6.07) is 11.3. The van der Waals surface area contributed by atoms with Crippen molar-refractivity contribution in [3.05, 3.63) is 74.1 Å². The second-order valence-corrected chi connectivity index (χ2v) is 7.63. The third-order valence-electron chi connectivity index (χ3n) is 4.20. The molecule has 0 saturated carbocycles.